The van der Waals surface area contributed by atoms with Gasteiger partial charge in [0.15, 0.2) is 0 Å². The lowest BCUT2D eigenvalue weighted by Crippen LogP contribution is -2.26. The number of imidazole rings is 1. The number of aliphatic hydroxyl groups excluding tert-OH is 3. The molecule has 30 heavy (non-hydrogen) atoms. The van der Waals surface area contributed by atoms with Gasteiger partial charge in [0.05, 0.1) is 12.7 Å². The summed E-state index contributed by atoms with van der Waals surface area (Å²) < 4.78 is 1.70. The molecule has 3 aromatic rings. The van der Waals surface area contributed by atoms with Gasteiger partial charge in [-0.15, -0.1) is 0 Å². The summed E-state index contributed by atoms with van der Waals surface area (Å²) in [5.41, 5.74) is 4.41. The van der Waals surface area contributed by atoms with Gasteiger partial charge < -0.3 is 19.9 Å². The van der Waals surface area contributed by atoms with E-state index in [0.717, 1.165) is 29.5 Å². The molecule has 5 nitrogen and oxygen atoms in total. The zero-order valence-electron chi connectivity index (χ0n) is 16.9. The van der Waals surface area contributed by atoms with Crippen LogP contribution in [0.3, 0.4) is 0 Å². The lowest BCUT2D eigenvalue weighted by molar-refractivity contribution is 0.0746. The van der Waals surface area contributed by atoms with E-state index in [0.29, 0.717) is 11.7 Å². The number of nitrogens with zero attached hydrogens (tertiary/aromatic N) is 2. The van der Waals surface area contributed by atoms with Crippen LogP contribution in [0.5, 0.6) is 0 Å². The maximum absolute atomic E-state index is 9.81. The SMILES string of the molecule is CC(O)c1nccn1C(C#Cc1ccc(-c2ccc(C3CC(O)C3)cc2)cc1)CO. The van der Waals surface area contributed by atoms with Crippen molar-refractivity contribution < 1.29 is 15.3 Å². The van der Waals surface area contributed by atoms with Gasteiger partial charge in [0.25, 0.3) is 0 Å². The topological polar surface area (TPSA) is 78.5 Å². The summed E-state index contributed by atoms with van der Waals surface area (Å²) in [5.74, 6) is 7.15. The molecule has 4 rings (SSSR count). The maximum Gasteiger partial charge on any atom is 0.138 e. The Hall–Kier alpha value is -2.91. The summed E-state index contributed by atoms with van der Waals surface area (Å²) in [4.78, 5) is 4.14. The summed E-state index contributed by atoms with van der Waals surface area (Å²) in [6.45, 7) is 1.48. The number of hydrogen-bond acceptors (Lipinski definition) is 4. The van der Waals surface area contributed by atoms with Gasteiger partial charge in [0.2, 0.25) is 0 Å². The third kappa shape index (κ3) is 4.31. The highest BCUT2D eigenvalue weighted by molar-refractivity contribution is 5.64. The van der Waals surface area contributed by atoms with Crippen molar-refractivity contribution in [3.63, 3.8) is 0 Å². The molecule has 3 N–H and O–H groups in total. The Morgan fingerprint density at radius 2 is 1.70 bits per heavy atom. The van der Waals surface area contributed by atoms with Crippen molar-refractivity contribution in [2.24, 2.45) is 0 Å². The Labute approximate surface area is 176 Å². The molecule has 0 spiro atoms. The fraction of sp³-hybridized carbons (Fsp3) is 0.320. The second kappa shape index (κ2) is 8.85. The van der Waals surface area contributed by atoms with E-state index in [2.05, 4.69) is 41.1 Å². The first-order valence-corrected chi connectivity index (χ1v) is 10.3. The quantitative estimate of drug-likeness (QED) is 0.572. The van der Waals surface area contributed by atoms with Gasteiger partial charge in [0.1, 0.15) is 18.0 Å². The molecule has 0 saturated heterocycles. The smallest absolute Gasteiger partial charge is 0.138 e. The highest BCUT2D eigenvalue weighted by Gasteiger charge is 2.28. The first-order chi connectivity index (χ1) is 14.5. The van der Waals surface area contributed by atoms with Crippen molar-refractivity contribution in [2.75, 3.05) is 6.61 Å². The first-order valence-electron chi connectivity index (χ1n) is 10.3. The lowest BCUT2D eigenvalue weighted by atomic mass is 9.77. The van der Waals surface area contributed by atoms with Crippen LogP contribution in [0.15, 0.2) is 60.9 Å². The van der Waals surface area contributed by atoms with Crippen molar-refractivity contribution in [1.29, 1.82) is 0 Å². The molecule has 1 saturated carbocycles. The molecule has 0 bridgehead atoms. The minimum Gasteiger partial charge on any atom is -0.393 e. The van der Waals surface area contributed by atoms with Crippen LogP contribution in [0.2, 0.25) is 0 Å². The molecule has 1 fully saturated rings. The van der Waals surface area contributed by atoms with Crippen LogP contribution in [0.1, 0.15) is 54.8 Å². The highest BCUT2D eigenvalue weighted by atomic mass is 16.3. The Balaban J connectivity index is 1.47. The molecule has 1 aromatic heterocycles. The maximum atomic E-state index is 9.81. The fourth-order valence-corrected chi connectivity index (χ4v) is 3.84. The predicted octanol–water partition coefficient (Wildman–Crippen LogP) is 3.43. The summed E-state index contributed by atoms with van der Waals surface area (Å²) in [6, 6.07) is 16.1. The fourth-order valence-electron chi connectivity index (χ4n) is 3.84. The Kier molecular flexibility index (Phi) is 6.01. The average Bonchev–Trinajstić information content (AvgIpc) is 3.23. The molecule has 0 radical (unpaired) electrons. The minimum absolute atomic E-state index is 0.138. The van der Waals surface area contributed by atoms with Crippen LogP contribution in [-0.2, 0) is 0 Å². The highest BCUT2D eigenvalue weighted by Crippen LogP contribution is 2.37. The number of benzene rings is 2. The number of aromatic nitrogens is 2. The van der Waals surface area contributed by atoms with Crippen molar-refractivity contribution in [2.45, 2.75) is 43.9 Å². The predicted molar refractivity (Wildman–Crippen MR) is 116 cm³/mol. The summed E-state index contributed by atoms with van der Waals surface area (Å²) in [7, 11) is 0. The summed E-state index contributed by atoms with van der Waals surface area (Å²) >= 11 is 0. The molecule has 2 unspecified atom stereocenters. The van der Waals surface area contributed by atoms with Crippen molar-refractivity contribution in [3.8, 4) is 23.0 Å². The number of aliphatic hydroxyl groups is 3. The molecular weight excluding hydrogens is 376 g/mol. The summed E-state index contributed by atoms with van der Waals surface area (Å²) in [5, 5.41) is 29.0. The van der Waals surface area contributed by atoms with Gasteiger partial charge >= 0.3 is 0 Å². The van der Waals surface area contributed by atoms with E-state index < -0.39 is 12.1 Å². The summed E-state index contributed by atoms with van der Waals surface area (Å²) in [6.07, 6.45) is 4.17. The van der Waals surface area contributed by atoms with Gasteiger partial charge in [-0.25, -0.2) is 4.98 Å². The van der Waals surface area contributed by atoms with Gasteiger partial charge in [-0.1, -0.05) is 48.2 Å². The van der Waals surface area contributed by atoms with Crippen LogP contribution in [-0.4, -0.2) is 37.6 Å². The van der Waals surface area contributed by atoms with Gasteiger partial charge in [-0.05, 0) is 54.5 Å². The molecule has 0 amide bonds. The van der Waals surface area contributed by atoms with Gasteiger partial charge in [-0.3, -0.25) is 0 Å². The van der Waals surface area contributed by atoms with Crippen LogP contribution < -0.4 is 0 Å². The van der Waals surface area contributed by atoms with E-state index in [4.69, 9.17) is 0 Å². The van der Waals surface area contributed by atoms with Crippen molar-refractivity contribution in [3.05, 3.63) is 77.9 Å². The normalized spacial score (nSPS) is 20.0. The second-order valence-electron chi connectivity index (χ2n) is 7.86. The molecule has 2 atom stereocenters. The van der Waals surface area contributed by atoms with Crippen LogP contribution >= 0.6 is 0 Å². The zero-order chi connectivity index (χ0) is 21.1. The molecule has 0 aliphatic heterocycles. The van der Waals surface area contributed by atoms with Crippen LogP contribution in [0.25, 0.3) is 11.1 Å². The molecule has 1 aliphatic carbocycles. The van der Waals surface area contributed by atoms with Gasteiger partial charge in [0, 0.05) is 18.0 Å². The van der Waals surface area contributed by atoms with E-state index in [1.165, 1.54) is 5.56 Å². The Morgan fingerprint density at radius 1 is 1.07 bits per heavy atom. The number of rotatable bonds is 5. The molecule has 1 aliphatic rings. The molecule has 1 heterocycles. The van der Waals surface area contributed by atoms with Crippen molar-refractivity contribution >= 4 is 0 Å². The average molecular weight is 402 g/mol. The second-order valence-corrected chi connectivity index (χ2v) is 7.86. The largest absolute Gasteiger partial charge is 0.393 e. The zero-order valence-corrected chi connectivity index (χ0v) is 16.9. The van der Waals surface area contributed by atoms with E-state index in [-0.39, 0.29) is 12.7 Å². The van der Waals surface area contributed by atoms with E-state index in [9.17, 15) is 15.3 Å². The first kappa shape index (κ1) is 20.4. The molecule has 154 valence electrons. The van der Waals surface area contributed by atoms with Gasteiger partial charge in [-0.2, -0.15) is 0 Å². The van der Waals surface area contributed by atoms with E-state index in [1.807, 2.05) is 24.3 Å². The van der Waals surface area contributed by atoms with Crippen molar-refractivity contribution in [1.82, 2.24) is 9.55 Å². The van der Waals surface area contributed by atoms with E-state index in [1.54, 1.807) is 23.9 Å². The minimum atomic E-state index is -0.726. The lowest BCUT2D eigenvalue weighted by Gasteiger charge is -2.31. The molecule has 2 aromatic carbocycles. The molecular formula is C25H26N2O3. The third-order valence-corrected chi connectivity index (χ3v) is 5.68. The van der Waals surface area contributed by atoms with Crippen LogP contribution in [0.4, 0.5) is 0 Å². The van der Waals surface area contributed by atoms with Crippen LogP contribution in [0, 0.1) is 11.8 Å². The molecule has 5 heteroatoms. The standard InChI is InChI=1S/C25H26N2O3/c1-17(29)25-26-12-13-27(25)23(16-28)11-4-18-2-5-19(6-3-18)20-7-9-21(10-8-20)22-14-24(30)15-22/h2-3,5-10,12-13,17,22-24,28-30H,14-16H2,1H3. The Bertz CT molecular complexity index is 1040. The third-order valence-electron chi connectivity index (χ3n) is 5.68. The Morgan fingerprint density at radius 3 is 2.27 bits per heavy atom. The number of hydrogen-bond donors (Lipinski definition) is 3. The van der Waals surface area contributed by atoms with E-state index >= 15 is 0 Å². The monoisotopic (exact) mass is 402 g/mol.